The van der Waals surface area contributed by atoms with Gasteiger partial charge in [0.1, 0.15) is 15.8 Å². The number of morpholine rings is 1. The number of hydrogen-bond acceptors (Lipinski definition) is 7. The lowest BCUT2D eigenvalue weighted by atomic mass is 10.1. The van der Waals surface area contributed by atoms with Gasteiger partial charge in [-0.3, -0.25) is 18.9 Å². The highest BCUT2D eigenvalue weighted by molar-refractivity contribution is 8.26. The van der Waals surface area contributed by atoms with E-state index in [0.717, 1.165) is 12.8 Å². The van der Waals surface area contributed by atoms with E-state index < -0.39 is 0 Å². The molecule has 0 bridgehead atoms. The summed E-state index contributed by atoms with van der Waals surface area (Å²) in [5, 5.41) is 0. The lowest BCUT2D eigenvalue weighted by molar-refractivity contribution is -0.122. The van der Waals surface area contributed by atoms with E-state index in [4.69, 9.17) is 21.9 Å². The van der Waals surface area contributed by atoms with E-state index in [1.165, 1.54) is 21.7 Å². The molecule has 0 spiro atoms. The van der Waals surface area contributed by atoms with Crippen LogP contribution in [0.4, 0.5) is 5.82 Å². The number of amides is 1. The number of benzene rings is 1. The van der Waals surface area contributed by atoms with Crippen LogP contribution in [0.25, 0.3) is 11.7 Å². The quantitative estimate of drug-likeness (QED) is 0.386. The molecule has 1 aromatic carbocycles. The number of carbonyl (C=O) groups is 1. The number of nitrogens with zero attached hydrogens (tertiary/aromatic N) is 4. The van der Waals surface area contributed by atoms with Gasteiger partial charge in [-0.05, 0) is 36.6 Å². The summed E-state index contributed by atoms with van der Waals surface area (Å²) in [5.74, 6) is 0.419. The number of hydrogen-bond donors (Lipinski definition) is 0. The van der Waals surface area contributed by atoms with Gasteiger partial charge in [0, 0.05) is 25.8 Å². The summed E-state index contributed by atoms with van der Waals surface area (Å²) in [6.07, 6.45) is 5.03. The van der Waals surface area contributed by atoms with E-state index >= 15 is 0 Å². The number of pyridine rings is 1. The number of aryl methyl sites for hydroxylation is 1. The molecule has 34 heavy (non-hydrogen) atoms. The van der Waals surface area contributed by atoms with Crippen LogP contribution < -0.4 is 10.5 Å². The SMILES string of the molecule is O=C1/C(=C/c2c(N3CCOCC3)nc3ccccn3c2=O)SC(=S)N1CCCc1ccccc1. The second-order valence-electron chi connectivity index (χ2n) is 8.10. The Morgan fingerprint density at radius 2 is 1.82 bits per heavy atom. The molecule has 7 nitrogen and oxygen atoms in total. The minimum absolute atomic E-state index is 0.159. The molecule has 1 amide bonds. The van der Waals surface area contributed by atoms with Crippen molar-refractivity contribution in [2.24, 2.45) is 0 Å². The maximum Gasteiger partial charge on any atom is 0.267 e. The van der Waals surface area contributed by atoms with E-state index in [-0.39, 0.29) is 11.5 Å². The molecule has 0 aliphatic carbocycles. The molecule has 2 fully saturated rings. The summed E-state index contributed by atoms with van der Waals surface area (Å²) in [6, 6.07) is 15.6. The van der Waals surface area contributed by atoms with Crippen molar-refractivity contribution in [2.75, 3.05) is 37.7 Å². The van der Waals surface area contributed by atoms with Crippen LogP contribution in [0.2, 0.25) is 0 Å². The van der Waals surface area contributed by atoms with Crippen molar-refractivity contribution >= 4 is 51.7 Å². The Hall–Kier alpha value is -3.01. The molecule has 0 N–H and O–H groups in total. The average Bonchev–Trinajstić information content (AvgIpc) is 3.14. The van der Waals surface area contributed by atoms with Gasteiger partial charge in [0.2, 0.25) is 0 Å². The summed E-state index contributed by atoms with van der Waals surface area (Å²) in [6.45, 7) is 2.95. The van der Waals surface area contributed by atoms with Gasteiger partial charge in [0.15, 0.2) is 0 Å². The molecule has 3 aromatic rings. The second-order valence-corrected chi connectivity index (χ2v) is 9.78. The summed E-state index contributed by atoms with van der Waals surface area (Å²) in [7, 11) is 0. The van der Waals surface area contributed by atoms with Crippen LogP contribution in [-0.2, 0) is 16.0 Å². The van der Waals surface area contributed by atoms with E-state index in [1.807, 2.05) is 29.2 Å². The summed E-state index contributed by atoms with van der Waals surface area (Å²) in [4.78, 5) is 35.5. The Morgan fingerprint density at radius 3 is 2.62 bits per heavy atom. The average molecular weight is 493 g/mol. The van der Waals surface area contributed by atoms with Crippen LogP contribution in [0.5, 0.6) is 0 Å². The van der Waals surface area contributed by atoms with E-state index in [0.29, 0.717) is 59.1 Å². The van der Waals surface area contributed by atoms with Crippen LogP contribution in [0, 0.1) is 0 Å². The molecule has 0 saturated carbocycles. The molecule has 4 heterocycles. The molecular formula is C25H24N4O3S2. The molecule has 2 aliphatic rings. The molecule has 0 unspecified atom stereocenters. The summed E-state index contributed by atoms with van der Waals surface area (Å²) in [5.41, 5.74) is 1.99. The monoisotopic (exact) mass is 492 g/mol. The molecule has 9 heteroatoms. The maximum atomic E-state index is 13.4. The van der Waals surface area contributed by atoms with Crippen molar-refractivity contribution < 1.29 is 9.53 Å². The molecule has 5 rings (SSSR count). The van der Waals surface area contributed by atoms with Gasteiger partial charge in [0.05, 0.1) is 23.7 Å². The molecule has 2 aliphatic heterocycles. The molecule has 2 saturated heterocycles. The van der Waals surface area contributed by atoms with E-state index in [1.54, 1.807) is 29.3 Å². The smallest absolute Gasteiger partial charge is 0.267 e. The zero-order valence-electron chi connectivity index (χ0n) is 18.6. The molecule has 174 valence electrons. The number of fused-ring (bicyclic) bond motifs is 1. The number of anilines is 1. The fraction of sp³-hybridized carbons (Fsp3) is 0.280. The van der Waals surface area contributed by atoms with Crippen LogP contribution in [0.1, 0.15) is 17.5 Å². The van der Waals surface area contributed by atoms with Gasteiger partial charge in [-0.25, -0.2) is 4.98 Å². The van der Waals surface area contributed by atoms with E-state index in [9.17, 15) is 9.59 Å². The number of aromatic nitrogens is 2. The van der Waals surface area contributed by atoms with E-state index in [2.05, 4.69) is 12.1 Å². The topological polar surface area (TPSA) is 67.2 Å². The summed E-state index contributed by atoms with van der Waals surface area (Å²) < 4.78 is 7.51. The largest absolute Gasteiger partial charge is 0.378 e. The van der Waals surface area contributed by atoms with Crippen molar-refractivity contribution in [1.29, 1.82) is 0 Å². The highest BCUT2D eigenvalue weighted by Crippen LogP contribution is 2.33. The predicted molar refractivity (Wildman–Crippen MR) is 139 cm³/mol. The molecular weight excluding hydrogens is 468 g/mol. The number of ether oxygens (including phenoxy) is 1. The van der Waals surface area contributed by atoms with Crippen molar-refractivity contribution in [3.8, 4) is 0 Å². The summed E-state index contributed by atoms with van der Waals surface area (Å²) >= 11 is 6.75. The number of thiocarbonyl (C=S) groups is 1. The first kappa shape index (κ1) is 22.8. The third kappa shape index (κ3) is 4.64. The van der Waals surface area contributed by atoms with Crippen LogP contribution in [-0.4, -0.2) is 57.4 Å². The van der Waals surface area contributed by atoms with Gasteiger partial charge in [0.25, 0.3) is 11.5 Å². The van der Waals surface area contributed by atoms with Gasteiger partial charge < -0.3 is 9.64 Å². The molecule has 2 aromatic heterocycles. The Labute approximate surface area is 207 Å². The van der Waals surface area contributed by atoms with Crippen molar-refractivity contribution in [1.82, 2.24) is 14.3 Å². The Morgan fingerprint density at radius 1 is 1.06 bits per heavy atom. The zero-order valence-corrected chi connectivity index (χ0v) is 20.2. The minimum Gasteiger partial charge on any atom is -0.378 e. The van der Waals surface area contributed by atoms with Crippen molar-refractivity contribution in [3.63, 3.8) is 0 Å². The number of carbonyl (C=O) groups excluding carboxylic acids is 1. The first-order chi connectivity index (χ1) is 16.6. The fourth-order valence-corrected chi connectivity index (χ4v) is 5.43. The Kier molecular flexibility index (Phi) is 6.75. The normalized spacial score (nSPS) is 17.8. The second kappa shape index (κ2) is 10.1. The van der Waals surface area contributed by atoms with Gasteiger partial charge >= 0.3 is 0 Å². The zero-order chi connectivity index (χ0) is 23.5. The molecule has 0 radical (unpaired) electrons. The van der Waals surface area contributed by atoms with Crippen LogP contribution in [0.3, 0.4) is 0 Å². The highest BCUT2D eigenvalue weighted by atomic mass is 32.2. The third-order valence-corrected chi connectivity index (χ3v) is 7.28. The van der Waals surface area contributed by atoms with Crippen molar-refractivity contribution in [3.05, 3.63) is 81.1 Å². The van der Waals surface area contributed by atoms with Crippen LogP contribution in [0.15, 0.2) is 64.4 Å². The Balaban J connectivity index is 1.44. The Bertz CT molecular complexity index is 1320. The van der Waals surface area contributed by atoms with Gasteiger partial charge in [-0.1, -0.05) is 60.4 Å². The molecule has 0 atom stereocenters. The van der Waals surface area contributed by atoms with Crippen molar-refractivity contribution in [2.45, 2.75) is 12.8 Å². The first-order valence-corrected chi connectivity index (χ1v) is 12.5. The van der Waals surface area contributed by atoms with Gasteiger partial charge in [-0.2, -0.15) is 0 Å². The standard InChI is InChI=1S/C25H24N4O3S2/c30-23-19(22(27-13-15-32-16-14-27)26-21-10-4-5-11-28(21)23)17-20-24(31)29(25(33)34-20)12-6-9-18-7-2-1-3-8-18/h1-5,7-8,10-11,17H,6,9,12-16H2/b20-17-. The predicted octanol–water partition coefficient (Wildman–Crippen LogP) is 3.37. The first-order valence-electron chi connectivity index (χ1n) is 11.3. The number of thioether (sulfide) groups is 1. The third-order valence-electron chi connectivity index (χ3n) is 5.90. The van der Waals surface area contributed by atoms with Crippen LogP contribution >= 0.6 is 24.0 Å². The maximum absolute atomic E-state index is 13.4. The lowest BCUT2D eigenvalue weighted by Gasteiger charge is -2.29. The number of rotatable bonds is 6. The highest BCUT2D eigenvalue weighted by Gasteiger charge is 2.32. The fourth-order valence-electron chi connectivity index (χ4n) is 4.14. The lowest BCUT2D eigenvalue weighted by Crippen LogP contribution is -2.38. The van der Waals surface area contributed by atoms with Gasteiger partial charge in [-0.15, -0.1) is 0 Å². The minimum atomic E-state index is -0.207.